The molecule has 0 aliphatic carbocycles. The summed E-state index contributed by atoms with van der Waals surface area (Å²) < 4.78 is 0. The van der Waals surface area contributed by atoms with Crippen LogP contribution < -0.4 is 5.32 Å². The highest BCUT2D eigenvalue weighted by atomic mass is 16.1. The molecular weight excluding hydrogens is 238 g/mol. The standard InChI is InChI=1S/C15H27N3O/c1-3-5-15(19)16-13-6-4-9-18(12-13)14-7-10-17(2)11-8-14/h3,13-14H,1,4-12H2,2H3,(H,16,19)/t13-/m1/s1. The van der Waals surface area contributed by atoms with E-state index in [-0.39, 0.29) is 5.91 Å². The second-order valence-corrected chi connectivity index (χ2v) is 5.93. The zero-order valence-electron chi connectivity index (χ0n) is 12.1. The van der Waals surface area contributed by atoms with Crippen LogP contribution in [-0.4, -0.2) is 61.0 Å². The monoisotopic (exact) mass is 265 g/mol. The van der Waals surface area contributed by atoms with E-state index in [4.69, 9.17) is 0 Å². The largest absolute Gasteiger partial charge is 0.352 e. The number of nitrogens with zero attached hydrogens (tertiary/aromatic N) is 2. The van der Waals surface area contributed by atoms with E-state index in [0.717, 1.165) is 19.0 Å². The summed E-state index contributed by atoms with van der Waals surface area (Å²) in [4.78, 5) is 16.6. The SMILES string of the molecule is C=CCC(=O)N[C@@H]1CCCN(C2CCN(C)CC2)C1. The minimum Gasteiger partial charge on any atom is -0.352 e. The number of hydrogen-bond donors (Lipinski definition) is 1. The highest BCUT2D eigenvalue weighted by Crippen LogP contribution is 2.20. The van der Waals surface area contributed by atoms with Gasteiger partial charge >= 0.3 is 0 Å². The van der Waals surface area contributed by atoms with Gasteiger partial charge in [0, 0.05) is 25.0 Å². The van der Waals surface area contributed by atoms with Crippen molar-refractivity contribution >= 4 is 5.91 Å². The second kappa shape index (κ2) is 7.06. The van der Waals surface area contributed by atoms with Crippen LogP contribution in [0.4, 0.5) is 0 Å². The summed E-state index contributed by atoms with van der Waals surface area (Å²) in [6.45, 7) is 8.24. The maximum absolute atomic E-state index is 11.6. The van der Waals surface area contributed by atoms with Gasteiger partial charge in [0.2, 0.25) is 5.91 Å². The molecule has 2 fully saturated rings. The summed E-state index contributed by atoms with van der Waals surface area (Å²) in [6, 6.07) is 1.05. The van der Waals surface area contributed by atoms with Crippen molar-refractivity contribution in [3.63, 3.8) is 0 Å². The van der Waals surface area contributed by atoms with Crippen molar-refractivity contribution in [2.45, 2.75) is 44.2 Å². The molecule has 2 saturated heterocycles. The van der Waals surface area contributed by atoms with Gasteiger partial charge in [0.05, 0.1) is 0 Å². The van der Waals surface area contributed by atoms with Gasteiger partial charge in [-0.25, -0.2) is 0 Å². The molecule has 0 aromatic rings. The van der Waals surface area contributed by atoms with Crippen LogP contribution in [0.15, 0.2) is 12.7 Å². The number of amides is 1. The summed E-state index contributed by atoms with van der Waals surface area (Å²) in [7, 11) is 2.20. The molecule has 0 aromatic heterocycles. The average molecular weight is 265 g/mol. The zero-order valence-corrected chi connectivity index (χ0v) is 12.1. The van der Waals surface area contributed by atoms with Crippen LogP contribution in [-0.2, 0) is 4.79 Å². The van der Waals surface area contributed by atoms with Crippen molar-refractivity contribution in [2.75, 3.05) is 33.2 Å². The molecule has 4 nitrogen and oxygen atoms in total. The first-order valence-corrected chi connectivity index (χ1v) is 7.52. The van der Waals surface area contributed by atoms with E-state index in [9.17, 15) is 4.79 Å². The van der Waals surface area contributed by atoms with Crippen molar-refractivity contribution in [1.82, 2.24) is 15.1 Å². The normalized spacial score (nSPS) is 27.1. The van der Waals surface area contributed by atoms with Gasteiger partial charge in [-0.15, -0.1) is 6.58 Å². The molecule has 0 spiro atoms. The second-order valence-electron chi connectivity index (χ2n) is 5.93. The number of likely N-dealkylation sites (tertiary alicyclic amines) is 2. The number of carbonyl (C=O) groups excluding carboxylic acids is 1. The lowest BCUT2D eigenvalue weighted by molar-refractivity contribution is -0.121. The molecule has 1 amide bonds. The van der Waals surface area contributed by atoms with Crippen LogP contribution >= 0.6 is 0 Å². The number of nitrogens with one attached hydrogen (secondary N) is 1. The molecule has 0 radical (unpaired) electrons. The van der Waals surface area contributed by atoms with Gasteiger partial charge in [-0.2, -0.15) is 0 Å². The average Bonchev–Trinajstić information content (AvgIpc) is 2.40. The van der Waals surface area contributed by atoms with Gasteiger partial charge in [-0.05, 0) is 52.4 Å². The highest BCUT2D eigenvalue weighted by Gasteiger charge is 2.28. The Morgan fingerprint density at radius 2 is 2.05 bits per heavy atom. The van der Waals surface area contributed by atoms with E-state index in [1.807, 2.05) is 0 Å². The van der Waals surface area contributed by atoms with E-state index in [2.05, 4.69) is 28.7 Å². The zero-order chi connectivity index (χ0) is 13.7. The fraction of sp³-hybridized carbons (Fsp3) is 0.800. The van der Waals surface area contributed by atoms with Gasteiger partial charge in [0.25, 0.3) is 0 Å². The van der Waals surface area contributed by atoms with Gasteiger partial charge in [-0.3, -0.25) is 9.69 Å². The van der Waals surface area contributed by atoms with Crippen LogP contribution in [0.5, 0.6) is 0 Å². The molecule has 2 heterocycles. The number of piperidine rings is 2. The van der Waals surface area contributed by atoms with Crippen molar-refractivity contribution in [1.29, 1.82) is 0 Å². The molecule has 0 aromatic carbocycles. The summed E-state index contributed by atoms with van der Waals surface area (Å²) in [6.07, 6.45) is 6.96. The highest BCUT2D eigenvalue weighted by molar-refractivity contribution is 5.77. The van der Waals surface area contributed by atoms with Crippen LogP contribution in [0.1, 0.15) is 32.1 Å². The molecule has 2 rings (SSSR count). The third kappa shape index (κ3) is 4.32. The third-order valence-corrected chi connectivity index (χ3v) is 4.35. The van der Waals surface area contributed by atoms with E-state index in [0.29, 0.717) is 12.5 Å². The fourth-order valence-electron chi connectivity index (χ4n) is 3.23. The minimum atomic E-state index is 0.116. The predicted molar refractivity (Wildman–Crippen MR) is 78.1 cm³/mol. The molecular formula is C15H27N3O. The van der Waals surface area contributed by atoms with Crippen molar-refractivity contribution in [2.24, 2.45) is 0 Å². The fourth-order valence-corrected chi connectivity index (χ4v) is 3.23. The van der Waals surface area contributed by atoms with E-state index in [1.165, 1.54) is 38.9 Å². The number of carbonyl (C=O) groups is 1. The van der Waals surface area contributed by atoms with Crippen molar-refractivity contribution < 1.29 is 4.79 Å². The summed E-state index contributed by atoms with van der Waals surface area (Å²) in [5, 5.41) is 3.14. The third-order valence-electron chi connectivity index (χ3n) is 4.35. The van der Waals surface area contributed by atoms with Gasteiger partial charge in [0.1, 0.15) is 0 Å². The summed E-state index contributed by atoms with van der Waals surface area (Å²) in [5.74, 6) is 0.116. The first kappa shape index (κ1) is 14.5. The first-order chi connectivity index (χ1) is 9.19. The summed E-state index contributed by atoms with van der Waals surface area (Å²) in [5.41, 5.74) is 0. The molecule has 0 bridgehead atoms. The Hall–Kier alpha value is -0.870. The topological polar surface area (TPSA) is 35.6 Å². The Kier molecular flexibility index (Phi) is 5.40. The Labute approximate surface area is 116 Å². The molecule has 4 heteroatoms. The Balaban J connectivity index is 1.79. The predicted octanol–water partition coefficient (Wildman–Crippen LogP) is 1.24. The Morgan fingerprint density at radius 1 is 1.32 bits per heavy atom. The molecule has 19 heavy (non-hydrogen) atoms. The maximum atomic E-state index is 11.6. The lowest BCUT2D eigenvalue weighted by atomic mass is 9.98. The smallest absolute Gasteiger partial charge is 0.224 e. The molecule has 1 atom stereocenters. The van der Waals surface area contributed by atoms with Crippen molar-refractivity contribution in [3.8, 4) is 0 Å². The van der Waals surface area contributed by atoms with Gasteiger partial charge < -0.3 is 10.2 Å². The number of rotatable bonds is 4. The molecule has 0 unspecified atom stereocenters. The number of hydrogen-bond acceptors (Lipinski definition) is 3. The maximum Gasteiger partial charge on any atom is 0.224 e. The molecule has 0 saturated carbocycles. The molecule has 2 aliphatic heterocycles. The molecule has 2 aliphatic rings. The van der Waals surface area contributed by atoms with Crippen LogP contribution in [0.25, 0.3) is 0 Å². The lowest BCUT2D eigenvalue weighted by Gasteiger charge is -2.41. The van der Waals surface area contributed by atoms with Crippen LogP contribution in [0.3, 0.4) is 0 Å². The quantitative estimate of drug-likeness (QED) is 0.777. The van der Waals surface area contributed by atoms with Gasteiger partial charge in [-0.1, -0.05) is 6.08 Å². The minimum absolute atomic E-state index is 0.116. The Bertz CT molecular complexity index is 311. The van der Waals surface area contributed by atoms with Crippen LogP contribution in [0.2, 0.25) is 0 Å². The lowest BCUT2D eigenvalue weighted by Crippen LogP contribution is -2.53. The Morgan fingerprint density at radius 3 is 2.74 bits per heavy atom. The molecule has 1 N–H and O–H groups in total. The van der Waals surface area contributed by atoms with E-state index < -0.39 is 0 Å². The molecule has 108 valence electrons. The van der Waals surface area contributed by atoms with Crippen molar-refractivity contribution in [3.05, 3.63) is 12.7 Å². The van der Waals surface area contributed by atoms with E-state index >= 15 is 0 Å². The first-order valence-electron chi connectivity index (χ1n) is 7.52. The van der Waals surface area contributed by atoms with E-state index in [1.54, 1.807) is 6.08 Å². The van der Waals surface area contributed by atoms with Gasteiger partial charge in [0.15, 0.2) is 0 Å². The van der Waals surface area contributed by atoms with Crippen LogP contribution in [0, 0.1) is 0 Å². The summed E-state index contributed by atoms with van der Waals surface area (Å²) >= 11 is 0.